The molecule has 0 saturated heterocycles. The molecular weight excluding hydrogens is 200 g/mol. The summed E-state index contributed by atoms with van der Waals surface area (Å²) in [6, 6.07) is 0. The second-order valence-corrected chi connectivity index (χ2v) is 3.41. The summed E-state index contributed by atoms with van der Waals surface area (Å²) in [7, 11) is 0. The predicted molar refractivity (Wildman–Crippen MR) is 70.1 cm³/mol. The van der Waals surface area contributed by atoms with E-state index in [0.29, 0.717) is 0 Å². The van der Waals surface area contributed by atoms with Gasteiger partial charge in [0, 0.05) is 12.8 Å². The van der Waals surface area contributed by atoms with Crippen molar-refractivity contribution in [1.82, 2.24) is 0 Å². The minimum atomic E-state index is 0.736. The molecule has 0 atom stereocenters. The monoisotopic (exact) mass is 228 g/mol. The average Bonchev–Trinajstić information content (AvgIpc) is 2.32. The van der Waals surface area contributed by atoms with Crippen LogP contribution in [0.1, 0.15) is 66.2 Å². The molecule has 0 aromatic carbocycles. The normalized spacial score (nSPS) is 8.75. The van der Waals surface area contributed by atoms with Gasteiger partial charge in [0.25, 0.3) is 0 Å². The van der Waals surface area contributed by atoms with E-state index in [1.165, 1.54) is 0 Å². The Kier molecular flexibility index (Phi) is 22.3. The molecule has 0 saturated carbocycles. The molecule has 0 amide bonds. The van der Waals surface area contributed by atoms with Gasteiger partial charge in [-0.2, -0.15) is 0 Å². The topological polar surface area (TPSA) is 18.5 Å². The molecule has 0 radical (unpaired) electrons. The molecule has 0 aliphatic heterocycles. The molecule has 0 aliphatic carbocycles. The van der Waals surface area contributed by atoms with Crippen LogP contribution in [0, 0.1) is 11.8 Å². The van der Waals surface area contributed by atoms with Crippen molar-refractivity contribution in [2.45, 2.75) is 66.2 Å². The first-order chi connectivity index (χ1) is 7.83. The number of rotatable bonds is 7. The zero-order valence-corrected chi connectivity index (χ0v) is 11.5. The molecule has 0 aliphatic rings. The first-order valence-corrected chi connectivity index (χ1v) is 6.53. The van der Waals surface area contributed by atoms with E-state index in [-0.39, 0.29) is 0 Å². The van der Waals surface area contributed by atoms with Crippen LogP contribution >= 0.6 is 0 Å². The van der Waals surface area contributed by atoms with Gasteiger partial charge in [-0.3, -0.25) is 0 Å². The van der Waals surface area contributed by atoms with E-state index in [4.69, 9.17) is 9.78 Å². The third-order valence-corrected chi connectivity index (χ3v) is 1.72. The van der Waals surface area contributed by atoms with Crippen LogP contribution < -0.4 is 0 Å². The average molecular weight is 228 g/mol. The lowest BCUT2D eigenvalue weighted by molar-refractivity contribution is -0.295. The largest absolute Gasteiger partial charge is 0.237 e. The Morgan fingerprint density at radius 1 is 0.688 bits per heavy atom. The molecule has 0 unspecified atom stereocenters. The Morgan fingerprint density at radius 3 is 1.31 bits per heavy atom. The predicted octanol–water partition coefficient (Wildman–Crippen LogP) is 4.34. The molecule has 0 heterocycles. The maximum absolute atomic E-state index is 4.88. The SMILES string of the molecule is CCC#CCC.CCCCOOCCCC. The van der Waals surface area contributed by atoms with Crippen LogP contribution in [0.15, 0.2) is 0 Å². The lowest BCUT2D eigenvalue weighted by Crippen LogP contribution is -1.97. The molecular formula is C14H28O2. The minimum absolute atomic E-state index is 0.736. The Bertz CT molecular complexity index is 140. The van der Waals surface area contributed by atoms with Gasteiger partial charge in [-0.05, 0) is 12.8 Å². The van der Waals surface area contributed by atoms with Gasteiger partial charge in [0.2, 0.25) is 0 Å². The summed E-state index contributed by atoms with van der Waals surface area (Å²) in [5, 5.41) is 0. The van der Waals surface area contributed by atoms with E-state index in [1.54, 1.807) is 0 Å². The Hall–Kier alpha value is -0.520. The molecule has 0 aromatic heterocycles. The Labute approximate surface area is 102 Å². The molecule has 0 aromatic rings. The highest BCUT2D eigenvalue weighted by Gasteiger charge is 1.86. The molecule has 2 heteroatoms. The molecule has 16 heavy (non-hydrogen) atoms. The number of unbranched alkanes of at least 4 members (excludes halogenated alkanes) is 2. The van der Waals surface area contributed by atoms with Crippen molar-refractivity contribution in [3.63, 3.8) is 0 Å². The van der Waals surface area contributed by atoms with E-state index in [2.05, 4.69) is 39.5 Å². The summed E-state index contributed by atoms with van der Waals surface area (Å²) in [6.45, 7) is 9.86. The first kappa shape index (κ1) is 17.9. The highest BCUT2D eigenvalue weighted by atomic mass is 17.2. The summed E-state index contributed by atoms with van der Waals surface area (Å²) in [5.41, 5.74) is 0. The molecule has 0 fully saturated rings. The summed E-state index contributed by atoms with van der Waals surface area (Å²) < 4.78 is 0. The van der Waals surface area contributed by atoms with Gasteiger partial charge in [-0.1, -0.05) is 40.5 Å². The molecule has 0 rings (SSSR count). The van der Waals surface area contributed by atoms with Crippen molar-refractivity contribution >= 4 is 0 Å². The van der Waals surface area contributed by atoms with Crippen molar-refractivity contribution in [2.75, 3.05) is 13.2 Å². The van der Waals surface area contributed by atoms with Crippen LogP contribution in [-0.2, 0) is 9.78 Å². The van der Waals surface area contributed by atoms with Gasteiger partial charge in [-0.15, -0.1) is 11.8 Å². The van der Waals surface area contributed by atoms with Crippen LogP contribution in [0.25, 0.3) is 0 Å². The maximum atomic E-state index is 4.88. The quantitative estimate of drug-likeness (QED) is 0.279. The van der Waals surface area contributed by atoms with Crippen LogP contribution in [0.2, 0.25) is 0 Å². The van der Waals surface area contributed by atoms with Crippen molar-refractivity contribution in [3.05, 3.63) is 0 Å². The third-order valence-electron chi connectivity index (χ3n) is 1.72. The molecule has 2 nitrogen and oxygen atoms in total. The van der Waals surface area contributed by atoms with Gasteiger partial charge in [0.15, 0.2) is 0 Å². The Balaban J connectivity index is 0. The van der Waals surface area contributed by atoms with E-state index < -0.39 is 0 Å². The Morgan fingerprint density at radius 2 is 1.06 bits per heavy atom. The van der Waals surface area contributed by atoms with Crippen LogP contribution in [0.5, 0.6) is 0 Å². The van der Waals surface area contributed by atoms with Gasteiger partial charge < -0.3 is 0 Å². The highest BCUT2D eigenvalue weighted by Crippen LogP contribution is 1.91. The third kappa shape index (κ3) is 23.4. The maximum Gasteiger partial charge on any atom is 0.0822 e. The van der Waals surface area contributed by atoms with Crippen molar-refractivity contribution < 1.29 is 9.78 Å². The van der Waals surface area contributed by atoms with Crippen molar-refractivity contribution in [1.29, 1.82) is 0 Å². The fraction of sp³-hybridized carbons (Fsp3) is 0.857. The summed E-state index contributed by atoms with van der Waals surface area (Å²) >= 11 is 0. The fourth-order valence-electron chi connectivity index (χ4n) is 0.774. The number of hydrogen-bond donors (Lipinski definition) is 0. The molecule has 0 N–H and O–H groups in total. The van der Waals surface area contributed by atoms with Crippen molar-refractivity contribution in [2.24, 2.45) is 0 Å². The first-order valence-electron chi connectivity index (χ1n) is 6.53. The lowest BCUT2D eigenvalue weighted by Gasteiger charge is -2.00. The fourth-order valence-corrected chi connectivity index (χ4v) is 0.774. The van der Waals surface area contributed by atoms with Crippen molar-refractivity contribution in [3.8, 4) is 11.8 Å². The summed E-state index contributed by atoms with van der Waals surface area (Å²) in [5.74, 6) is 5.90. The van der Waals surface area contributed by atoms with E-state index in [1.807, 2.05) is 0 Å². The van der Waals surface area contributed by atoms with Crippen LogP contribution in [0.4, 0.5) is 0 Å². The smallest absolute Gasteiger partial charge is 0.0822 e. The standard InChI is InChI=1S/C8H18O2.C6H10/c1-3-5-7-9-10-8-6-4-2;1-3-5-6-4-2/h3-8H2,1-2H3;3-4H2,1-2H3. The molecule has 96 valence electrons. The lowest BCUT2D eigenvalue weighted by atomic mass is 10.4. The zero-order valence-electron chi connectivity index (χ0n) is 11.5. The van der Waals surface area contributed by atoms with Gasteiger partial charge in [-0.25, -0.2) is 9.78 Å². The second kappa shape index (κ2) is 20.0. The minimum Gasteiger partial charge on any atom is -0.237 e. The summed E-state index contributed by atoms with van der Waals surface area (Å²) in [4.78, 5) is 9.75. The second-order valence-electron chi connectivity index (χ2n) is 3.41. The zero-order chi connectivity index (χ0) is 12.5. The van der Waals surface area contributed by atoms with E-state index in [0.717, 1.165) is 51.7 Å². The van der Waals surface area contributed by atoms with Gasteiger partial charge >= 0.3 is 0 Å². The molecule has 0 bridgehead atoms. The van der Waals surface area contributed by atoms with Crippen LogP contribution in [0.3, 0.4) is 0 Å². The number of hydrogen-bond acceptors (Lipinski definition) is 2. The van der Waals surface area contributed by atoms with E-state index in [9.17, 15) is 0 Å². The summed E-state index contributed by atoms with van der Waals surface area (Å²) in [6.07, 6.45) is 6.49. The highest BCUT2D eigenvalue weighted by molar-refractivity contribution is 4.96. The van der Waals surface area contributed by atoms with Gasteiger partial charge in [0.1, 0.15) is 0 Å². The van der Waals surface area contributed by atoms with Crippen LogP contribution in [-0.4, -0.2) is 13.2 Å². The van der Waals surface area contributed by atoms with Gasteiger partial charge in [0.05, 0.1) is 13.2 Å². The van der Waals surface area contributed by atoms with E-state index >= 15 is 0 Å². The molecule has 0 spiro atoms.